The number of carbonyl (C=O) groups excluding carboxylic acids is 1. The van der Waals surface area contributed by atoms with Gasteiger partial charge >= 0.3 is 11.4 Å². The minimum Gasteiger partial charge on any atom is -0.422 e. The molecular weight excluding hydrogens is 368 g/mol. The Hall–Kier alpha value is -3.07. The fourth-order valence-electron chi connectivity index (χ4n) is 2.25. The summed E-state index contributed by atoms with van der Waals surface area (Å²) in [5.41, 5.74) is -0.613. The predicted octanol–water partition coefficient (Wildman–Crippen LogP) is 3.04. The molecule has 0 aliphatic rings. The molecule has 9 heteroatoms. The van der Waals surface area contributed by atoms with Crippen molar-refractivity contribution in [2.24, 2.45) is 0 Å². The number of benzene rings is 2. The van der Waals surface area contributed by atoms with Gasteiger partial charge in [0.25, 0.3) is 5.91 Å². The summed E-state index contributed by atoms with van der Waals surface area (Å²) >= 11 is 0. The first-order valence-corrected chi connectivity index (χ1v) is 8.80. The highest BCUT2D eigenvalue weighted by atomic mass is 32.2. The smallest absolute Gasteiger partial charge is 0.349 e. The standard InChI is InChI=1S/C17H11F2NO5S/c18-17(19)26(23,24)12-7-5-11(6-8-12)20-15(21)13-9-10-3-1-2-4-14(10)25-16(13)22/h1-9,17H,(H,20,21). The van der Waals surface area contributed by atoms with E-state index in [0.29, 0.717) is 11.0 Å². The maximum absolute atomic E-state index is 12.5. The van der Waals surface area contributed by atoms with E-state index in [4.69, 9.17) is 4.42 Å². The lowest BCUT2D eigenvalue weighted by Gasteiger charge is -2.07. The highest BCUT2D eigenvalue weighted by molar-refractivity contribution is 7.91. The summed E-state index contributed by atoms with van der Waals surface area (Å²) in [4.78, 5) is 23.6. The lowest BCUT2D eigenvalue weighted by molar-refractivity contribution is 0.102. The topological polar surface area (TPSA) is 93.4 Å². The van der Waals surface area contributed by atoms with Gasteiger partial charge in [0.05, 0.1) is 4.90 Å². The zero-order valence-electron chi connectivity index (χ0n) is 13.0. The van der Waals surface area contributed by atoms with E-state index < -0.39 is 32.0 Å². The van der Waals surface area contributed by atoms with Crippen molar-refractivity contribution in [2.45, 2.75) is 10.7 Å². The minimum absolute atomic E-state index is 0.135. The van der Waals surface area contributed by atoms with Gasteiger partial charge in [-0.15, -0.1) is 0 Å². The number of hydrogen-bond donors (Lipinski definition) is 1. The van der Waals surface area contributed by atoms with E-state index in [9.17, 15) is 26.8 Å². The molecule has 0 bridgehead atoms. The van der Waals surface area contributed by atoms with Crippen molar-refractivity contribution < 1.29 is 26.4 Å². The zero-order chi connectivity index (χ0) is 18.9. The van der Waals surface area contributed by atoms with Crippen LogP contribution < -0.4 is 10.9 Å². The van der Waals surface area contributed by atoms with Gasteiger partial charge in [0.1, 0.15) is 11.1 Å². The molecule has 0 saturated heterocycles. The quantitative estimate of drug-likeness (QED) is 0.704. The Balaban J connectivity index is 1.87. The van der Waals surface area contributed by atoms with Crippen LogP contribution in [-0.4, -0.2) is 20.1 Å². The molecule has 0 radical (unpaired) electrons. The fraction of sp³-hybridized carbons (Fsp3) is 0.0588. The van der Waals surface area contributed by atoms with Crippen LogP contribution in [0.5, 0.6) is 0 Å². The van der Waals surface area contributed by atoms with Gasteiger partial charge in [0, 0.05) is 11.1 Å². The number of halogens is 2. The highest BCUT2D eigenvalue weighted by Crippen LogP contribution is 2.20. The summed E-state index contributed by atoms with van der Waals surface area (Å²) in [6.07, 6.45) is 0. The second kappa shape index (κ2) is 6.68. The number of carbonyl (C=O) groups is 1. The lowest BCUT2D eigenvalue weighted by Crippen LogP contribution is -2.20. The van der Waals surface area contributed by atoms with Gasteiger partial charge in [0.2, 0.25) is 9.84 Å². The van der Waals surface area contributed by atoms with E-state index in [2.05, 4.69) is 5.32 Å². The van der Waals surface area contributed by atoms with E-state index in [1.165, 1.54) is 6.07 Å². The largest absolute Gasteiger partial charge is 0.422 e. The molecule has 0 unspecified atom stereocenters. The Kier molecular flexibility index (Phi) is 4.56. The minimum atomic E-state index is -4.72. The number of sulfone groups is 1. The number of para-hydroxylation sites is 1. The van der Waals surface area contributed by atoms with Crippen LogP contribution in [0, 0.1) is 0 Å². The normalized spacial score (nSPS) is 11.7. The fourth-order valence-corrected chi connectivity index (χ4v) is 2.97. The van der Waals surface area contributed by atoms with Gasteiger partial charge in [-0.1, -0.05) is 18.2 Å². The lowest BCUT2D eigenvalue weighted by atomic mass is 10.1. The van der Waals surface area contributed by atoms with Gasteiger partial charge in [-0.25, -0.2) is 13.2 Å². The molecule has 26 heavy (non-hydrogen) atoms. The molecule has 1 heterocycles. The molecule has 134 valence electrons. The molecule has 0 fully saturated rings. The summed E-state index contributed by atoms with van der Waals surface area (Å²) < 4.78 is 52.8. The second-order valence-electron chi connectivity index (χ2n) is 5.27. The third-order valence-corrected chi connectivity index (χ3v) is 4.96. The molecule has 0 saturated carbocycles. The Morgan fingerprint density at radius 3 is 2.35 bits per heavy atom. The third kappa shape index (κ3) is 3.33. The Bertz CT molecular complexity index is 1140. The van der Waals surface area contributed by atoms with Crippen LogP contribution in [0.15, 0.2) is 68.7 Å². The monoisotopic (exact) mass is 379 g/mol. The molecule has 6 nitrogen and oxygen atoms in total. The zero-order valence-corrected chi connectivity index (χ0v) is 13.8. The van der Waals surface area contributed by atoms with E-state index >= 15 is 0 Å². The van der Waals surface area contributed by atoms with Gasteiger partial charge in [-0.2, -0.15) is 8.78 Å². The van der Waals surface area contributed by atoms with Crippen molar-refractivity contribution in [1.82, 2.24) is 0 Å². The number of rotatable bonds is 4. The number of nitrogens with one attached hydrogen (secondary N) is 1. The van der Waals surface area contributed by atoms with Crippen LogP contribution in [0.3, 0.4) is 0 Å². The third-order valence-electron chi connectivity index (χ3n) is 3.56. The van der Waals surface area contributed by atoms with Crippen molar-refractivity contribution in [3.63, 3.8) is 0 Å². The predicted molar refractivity (Wildman–Crippen MR) is 90.1 cm³/mol. The molecule has 1 N–H and O–H groups in total. The Labute approximate surface area is 146 Å². The molecule has 0 atom stereocenters. The van der Waals surface area contributed by atoms with Crippen LogP contribution in [0.4, 0.5) is 14.5 Å². The molecule has 2 aromatic carbocycles. The molecule has 3 rings (SSSR count). The summed E-state index contributed by atoms with van der Waals surface area (Å²) in [5, 5.41) is 2.94. The van der Waals surface area contributed by atoms with Gasteiger partial charge in [0.15, 0.2) is 0 Å². The molecule has 0 aliphatic heterocycles. The van der Waals surface area contributed by atoms with Crippen molar-refractivity contribution in [2.75, 3.05) is 5.32 Å². The van der Waals surface area contributed by atoms with E-state index in [1.54, 1.807) is 24.3 Å². The Morgan fingerprint density at radius 1 is 1.04 bits per heavy atom. The molecule has 0 aliphatic carbocycles. The maximum Gasteiger partial charge on any atom is 0.349 e. The number of anilines is 1. The van der Waals surface area contributed by atoms with Crippen LogP contribution in [0.1, 0.15) is 10.4 Å². The molecule has 0 spiro atoms. The molecule has 3 aromatic rings. The van der Waals surface area contributed by atoms with Crippen molar-refractivity contribution in [1.29, 1.82) is 0 Å². The van der Waals surface area contributed by atoms with Crippen LogP contribution in [0.25, 0.3) is 11.0 Å². The summed E-state index contributed by atoms with van der Waals surface area (Å²) in [6.45, 7) is 0. The van der Waals surface area contributed by atoms with Gasteiger partial charge < -0.3 is 9.73 Å². The van der Waals surface area contributed by atoms with Crippen molar-refractivity contribution >= 4 is 32.4 Å². The van der Waals surface area contributed by atoms with Crippen LogP contribution >= 0.6 is 0 Å². The Morgan fingerprint density at radius 2 is 1.69 bits per heavy atom. The van der Waals surface area contributed by atoms with E-state index in [0.717, 1.165) is 24.3 Å². The van der Waals surface area contributed by atoms with E-state index in [1.807, 2.05) is 0 Å². The summed E-state index contributed by atoms with van der Waals surface area (Å²) in [6, 6.07) is 12.2. The first kappa shape index (κ1) is 17.7. The van der Waals surface area contributed by atoms with Crippen molar-refractivity contribution in [3.8, 4) is 0 Å². The van der Waals surface area contributed by atoms with Crippen molar-refractivity contribution in [3.05, 3.63) is 70.6 Å². The SMILES string of the molecule is O=C(Nc1ccc(S(=O)(=O)C(F)F)cc1)c1cc2ccccc2oc1=O. The molecule has 1 aromatic heterocycles. The van der Waals surface area contributed by atoms with Gasteiger partial charge in [-0.05, 0) is 36.4 Å². The van der Waals surface area contributed by atoms with Crippen LogP contribution in [0.2, 0.25) is 0 Å². The summed E-state index contributed by atoms with van der Waals surface area (Å²) in [7, 11) is -4.72. The number of alkyl halides is 2. The van der Waals surface area contributed by atoms with Crippen LogP contribution in [-0.2, 0) is 9.84 Å². The second-order valence-corrected chi connectivity index (χ2v) is 7.19. The molecular formula is C17H11F2NO5S. The highest BCUT2D eigenvalue weighted by Gasteiger charge is 2.26. The average Bonchev–Trinajstić information content (AvgIpc) is 2.61. The number of hydrogen-bond acceptors (Lipinski definition) is 5. The first-order chi connectivity index (χ1) is 12.3. The number of amides is 1. The van der Waals surface area contributed by atoms with Gasteiger partial charge in [-0.3, -0.25) is 4.79 Å². The number of fused-ring (bicyclic) bond motifs is 1. The first-order valence-electron chi connectivity index (χ1n) is 7.25. The summed E-state index contributed by atoms with van der Waals surface area (Å²) in [5.74, 6) is -4.31. The average molecular weight is 379 g/mol. The molecule has 1 amide bonds. The maximum atomic E-state index is 12.5. The van der Waals surface area contributed by atoms with E-state index in [-0.39, 0.29) is 11.3 Å².